The van der Waals surface area contributed by atoms with Gasteiger partial charge in [0.15, 0.2) is 6.10 Å². The molecule has 0 spiro atoms. The second-order valence-electron chi connectivity index (χ2n) is 7.17. The van der Waals surface area contributed by atoms with Crippen molar-refractivity contribution in [3.05, 3.63) is 41.6 Å². The van der Waals surface area contributed by atoms with Gasteiger partial charge < -0.3 is 10.1 Å². The van der Waals surface area contributed by atoms with Gasteiger partial charge in [-0.05, 0) is 38.8 Å². The molecule has 1 aromatic heterocycles. The number of rotatable bonds is 4. The molecule has 1 fully saturated rings. The number of pyridine rings is 1. The third-order valence-corrected chi connectivity index (χ3v) is 4.89. The summed E-state index contributed by atoms with van der Waals surface area (Å²) in [6.07, 6.45) is 4.06. The first-order valence-corrected chi connectivity index (χ1v) is 9.63. The highest BCUT2D eigenvalue weighted by Crippen LogP contribution is 2.20. The molecule has 148 valence electrons. The average Bonchev–Trinajstić information content (AvgIpc) is 2.67. The first kappa shape index (κ1) is 19.8. The Bertz CT molecular complexity index is 890. The van der Waals surface area contributed by atoms with E-state index in [1.54, 1.807) is 19.1 Å². The Morgan fingerprint density at radius 3 is 2.61 bits per heavy atom. The summed E-state index contributed by atoms with van der Waals surface area (Å²) in [6.45, 7) is 3.23. The van der Waals surface area contributed by atoms with Crippen LogP contribution in [0.3, 0.4) is 0 Å². The van der Waals surface area contributed by atoms with Gasteiger partial charge in [-0.3, -0.25) is 15.1 Å². The first-order valence-electron chi connectivity index (χ1n) is 9.63. The molecular formula is C21H25N3O4. The maximum absolute atomic E-state index is 12.6. The molecule has 1 heterocycles. The molecular weight excluding hydrogens is 358 g/mol. The van der Waals surface area contributed by atoms with Crippen LogP contribution in [0.15, 0.2) is 30.3 Å². The predicted molar refractivity (Wildman–Crippen MR) is 105 cm³/mol. The zero-order chi connectivity index (χ0) is 20.1. The first-order chi connectivity index (χ1) is 13.4. The van der Waals surface area contributed by atoms with Crippen LogP contribution < -0.4 is 10.6 Å². The summed E-state index contributed by atoms with van der Waals surface area (Å²) in [5.41, 5.74) is 1.70. The number of hydrogen-bond acceptors (Lipinski definition) is 5. The molecule has 7 nitrogen and oxygen atoms in total. The number of benzene rings is 1. The summed E-state index contributed by atoms with van der Waals surface area (Å²) in [5.74, 6) is -1.28. The van der Waals surface area contributed by atoms with Crippen molar-refractivity contribution < 1.29 is 19.1 Å². The van der Waals surface area contributed by atoms with Gasteiger partial charge in [-0.2, -0.15) is 0 Å². The Balaban J connectivity index is 1.61. The molecule has 0 radical (unpaired) electrons. The highest BCUT2D eigenvalue weighted by atomic mass is 16.5. The van der Waals surface area contributed by atoms with Crippen LogP contribution in [-0.2, 0) is 9.53 Å². The highest BCUT2D eigenvalue weighted by Gasteiger charge is 2.23. The van der Waals surface area contributed by atoms with Crippen molar-refractivity contribution in [1.29, 1.82) is 0 Å². The topological polar surface area (TPSA) is 97.4 Å². The number of aromatic nitrogens is 1. The van der Waals surface area contributed by atoms with Gasteiger partial charge in [-0.25, -0.2) is 9.59 Å². The SMILES string of the molecule is Cc1cc(C(=O)O[C@@H](C)C(=O)NC(=O)NC2CCCCC2)c2ccccc2n1. The van der Waals surface area contributed by atoms with Crippen LogP contribution in [0.25, 0.3) is 10.9 Å². The lowest BCUT2D eigenvalue weighted by Gasteiger charge is -2.23. The molecule has 2 N–H and O–H groups in total. The second-order valence-corrected chi connectivity index (χ2v) is 7.17. The van der Waals surface area contributed by atoms with Crippen LogP contribution >= 0.6 is 0 Å². The van der Waals surface area contributed by atoms with E-state index in [9.17, 15) is 14.4 Å². The van der Waals surface area contributed by atoms with E-state index in [0.717, 1.165) is 25.7 Å². The number of amides is 3. The molecule has 1 aliphatic rings. The molecule has 1 atom stereocenters. The van der Waals surface area contributed by atoms with E-state index in [-0.39, 0.29) is 6.04 Å². The monoisotopic (exact) mass is 383 g/mol. The fourth-order valence-corrected chi connectivity index (χ4v) is 3.44. The second kappa shape index (κ2) is 8.82. The van der Waals surface area contributed by atoms with Gasteiger partial charge >= 0.3 is 12.0 Å². The number of urea groups is 1. The third-order valence-electron chi connectivity index (χ3n) is 4.89. The van der Waals surface area contributed by atoms with Gasteiger partial charge in [0.25, 0.3) is 5.91 Å². The zero-order valence-corrected chi connectivity index (χ0v) is 16.2. The molecule has 1 saturated carbocycles. The van der Waals surface area contributed by atoms with Gasteiger partial charge in [0, 0.05) is 17.1 Å². The predicted octanol–water partition coefficient (Wildman–Crippen LogP) is 3.25. The van der Waals surface area contributed by atoms with Crippen LogP contribution in [-0.4, -0.2) is 35.0 Å². The van der Waals surface area contributed by atoms with Gasteiger partial charge in [-0.15, -0.1) is 0 Å². The quantitative estimate of drug-likeness (QED) is 0.790. The van der Waals surface area contributed by atoms with E-state index < -0.39 is 24.0 Å². The van der Waals surface area contributed by atoms with Crippen molar-refractivity contribution >= 4 is 28.8 Å². The van der Waals surface area contributed by atoms with Crippen molar-refractivity contribution in [2.45, 2.75) is 58.1 Å². The van der Waals surface area contributed by atoms with Gasteiger partial charge in [0.2, 0.25) is 0 Å². The molecule has 1 aliphatic carbocycles. The minimum Gasteiger partial charge on any atom is -0.449 e. The largest absolute Gasteiger partial charge is 0.449 e. The van der Waals surface area contributed by atoms with E-state index in [2.05, 4.69) is 15.6 Å². The number of para-hydroxylation sites is 1. The molecule has 3 rings (SSSR count). The van der Waals surface area contributed by atoms with Gasteiger partial charge in [-0.1, -0.05) is 37.5 Å². The van der Waals surface area contributed by atoms with E-state index in [1.807, 2.05) is 18.2 Å². The minimum absolute atomic E-state index is 0.0885. The number of hydrogen-bond donors (Lipinski definition) is 2. The lowest BCUT2D eigenvalue weighted by Crippen LogP contribution is -2.48. The average molecular weight is 383 g/mol. The molecule has 0 bridgehead atoms. The molecule has 28 heavy (non-hydrogen) atoms. The Morgan fingerprint density at radius 1 is 1.14 bits per heavy atom. The van der Waals surface area contributed by atoms with Gasteiger partial charge in [0.05, 0.1) is 11.1 Å². The summed E-state index contributed by atoms with van der Waals surface area (Å²) in [7, 11) is 0. The lowest BCUT2D eigenvalue weighted by molar-refractivity contribution is -0.127. The number of ether oxygens (including phenoxy) is 1. The fourth-order valence-electron chi connectivity index (χ4n) is 3.44. The molecule has 0 aliphatic heterocycles. The van der Waals surface area contributed by atoms with E-state index in [4.69, 9.17) is 4.74 Å². The summed E-state index contributed by atoms with van der Waals surface area (Å²) in [5, 5.41) is 5.71. The molecule has 7 heteroatoms. The van der Waals surface area contributed by atoms with Crippen molar-refractivity contribution in [1.82, 2.24) is 15.6 Å². The van der Waals surface area contributed by atoms with Crippen molar-refractivity contribution in [3.8, 4) is 0 Å². The van der Waals surface area contributed by atoms with Crippen molar-refractivity contribution in [3.63, 3.8) is 0 Å². The van der Waals surface area contributed by atoms with Crippen LogP contribution in [0.5, 0.6) is 0 Å². The van der Waals surface area contributed by atoms with Crippen LogP contribution in [0.2, 0.25) is 0 Å². The Kier molecular flexibility index (Phi) is 6.23. The number of nitrogens with zero attached hydrogens (tertiary/aromatic N) is 1. The van der Waals surface area contributed by atoms with E-state index in [1.165, 1.54) is 13.3 Å². The van der Waals surface area contributed by atoms with Crippen LogP contribution in [0.1, 0.15) is 55.1 Å². The number of carbonyl (C=O) groups excluding carboxylic acids is 3. The number of aryl methyl sites for hydroxylation is 1. The fraction of sp³-hybridized carbons (Fsp3) is 0.429. The lowest BCUT2D eigenvalue weighted by atomic mass is 9.96. The summed E-state index contributed by atoms with van der Waals surface area (Å²) < 4.78 is 5.29. The van der Waals surface area contributed by atoms with Crippen molar-refractivity contribution in [2.24, 2.45) is 0 Å². The molecule has 0 unspecified atom stereocenters. The normalized spacial score (nSPS) is 15.6. The maximum atomic E-state index is 12.6. The third kappa shape index (κ3) is 4.85. The summed E-state index contributed by atoms with van der Waals surface area (Å²) in [6, 6.07) is 8.40. The molecule has 3 amide bonds. The van der Waals surface area contributed by atoms with Gasteiger partial charge in [0.1, 0.15) is 0 Å². The van der Waals surface area contributed by atoms with E-state index >= 15 is 0 Å². The standard InChI is InChI=1S/C21H25N3O4/c1-13-12-17(16-10-6-7-11-18(16)22-13)20(26)28-14(2)19(25)24-21(27)23-15-8-4-3-5-9-15/h6-7,10-12,14-15H,3-5,8-9H2,1-2H3,(H2,23,24,25,27)/t14-/m0/s1. The summed E-state index contributed by atoms with van der Waals surface area (Å²) >= 11 is 0. The number of carbonyl (C=O) groups is 3. The minimum atomic E-state index is -1.10. The summed E-state index contributed by atoms with van der Waals surface area (Å²) in [4.78, 5) is 41.2. The number of fused-ring (bicyclic) bond motifs is 1. The maximum Gasteiger partial charge on any atom is 0.339 e. The van der Waals surface area contributed by atoms with Crippen LogP contribution in [0.4, 0.5) is 4.79 Å². The number of nitrogens with one attached hydrogen (secondary N) is 2. The molecule has 2 aromatic rings. The number of imide groups is 1. The smallest absolute Gasteiger partial charge is 0.339 e. The zero-order valence-electron chi connectivity index (χ0n) is 16.2. The number of esters is 1. The van der Waals surface area contributed by atoms with E-state index in [0.29, 0.717) is 22.2 Å². The van der Waals surface area contributed by atoms with Crippen LogP contribution in [0, 0.1) is 6.92 Å². The Hall–Kier alpha value is -2.96. The highest BCUT2D eigenvalue weighted by molar-refractivity contribution is 6.05. The molecule has 0 saturated heterocycles. The van der Waals surface area contributed by atoms with Crippen molar-refractivity contribution in [2.75, 3.05) is 0 Å². The Morgan fingerprint density at radius 2 is 1.86 bits per heavy atom. The Labute approximate surface area is 163 Å². The molecule has 1 aromatic carbocycles.